The number of nitrogens with two attached hydrogens (primary N) is 1. The van der Waals surface area contributed by atoms with Gasteiger partial charge in [-0.05, 0) is 61.0 Å². The van der Waals surface area contributed by atoms with E-state index in [1.807, 2.05) is 60.0 Å². The molecule has 3 N–H and O–H groups in total. The van der Waals surface area contributed by atoms with E-state index in [-0.39, 0.29) is 22.6 Å². The largest absolute Gasteiger partial charge is 0.497 e. The Morgan fingerprint density at radius 3 is 2.41 bits per heavy atom. The number of rotatable bonds is 8. The fourth-order valence-corrected chi connectivity index (χ4v) is 4.88. The summed E-state index contributed by atoms with van der Waals surface area (Å²) in [4.78, 5) is 17.4. The highest BCUT2D eigenvalue weighted by Crippen LogP contribution is 2.29. The summed E-state index contributed by atoms with van der Waals surface area (Å²) in [6, 6.07) is 21.3. The molecule has 176 valence electrons. The number of methoxy groups -OCH3 is 1. The maximum Gasteiger partial charge on any atom is 0.238 e. The highest BCUT2D eigenvalue weighted by atomic mass is 32.2. The number of carbonyl (C=O) groups is 1. The summed E-state index contributed by atoms with van der Waals surface area (Å²) >= 11 is 1.34. The molecule has 34 heavy (non-hydrogen) atoms. The molecule has 0 aliphatic heterocycles. The summed E-state index contributed by atoms with van der Waals surface area (Å²) < 4.78 is 30.1. The fraction of sp³-hybridized carbons (Fsp3) is 0.167. The molecule has 3 aromatic carbocycles. The summed E-state index contributed by atoms with van der Waals surface area (Å²) in [5.41, 5.74) is 3.47. The van der Waals surface area contributed by atoms with Gasteiger partial charge in [0.05, 0.1) is 34.8 Å². The minimum absolute atomic E-state index is 0.0303. The molecule has 0 fully saturated rings. The second-order valence-corrected chi connectivity index (χ2v) is 10.1. The third-order valence-electron chi connectivity index (χ3n) is 5.28. The summed E-state index contributed by atoms with van der Waals surface area (Å²) in [6.45, 7) is 1.83. The van der Waals surface area contributed by atoms with Crippen LogP contribution in [0.15, 0.2) is 82.8 Å². The van der Waals surface area contributed by atoms with Gasteiger partial charge in [-0.15, -0.1) is 0 Å². The van der Waals surface area contributed by atoms with Crippen LogP contribution in [0.1, 0.15) is 18.5 Å². The van der Waals surface area contributed by atoms with Crippen LogP contribution in [0.5, 0.6) is 5.75 Å². The number of primary sulfonamides is 1. The zero-order chi connectivity index (χ0) is 24.3. The number of carbonyl (C=O) groups excluding carboxylic acids is 1. The number of amides is 1. The number of sulfonamides is 1. The van der Waals surface area contributed by atoms with Gasteiger partial charge < -0.3 is 10.1 Å². The average Bonchev–Trinajstić information content (AvgIpc) is 3.20. The number of hydrogen-bond donors (Lipinski definition) is 2. The van der Waals surface area contributed by atoms with Crippen molar-refractivity contribution in [2.45, 2.75) is 23.0 Å². The Labute approximate surface area is 202 Å². The van der Waals surface area contributed by atoms with E-state index in [9.17, 15) is 13.2 Å². The van der Waals surface area contributed by atoms with Crippen molar-refractivity contribution >= 4 is 38.7 Å². The van der Waals surface area contributed by atoms with Gasteiger partial charge in [0.25, 0.3) is 0 Å². The molecule has 10 heteroatoms. The van der Waals surface area contributed by atoms with Crippen molar-refractivity contribution in [1.29, 1.82) is 0 Å². The zero-order valence-corrected chi connectivity index (χ0v) is 20.3. The standard InChI is InChI=1S/C24H24N4O4S2/c1-16(17-7-13-20(14-8-17)34(25,30)31)26-23(29)15-33-24-27-21-5-3-4-6-22(21)28(24)18-9-11-19(32-2)12-10-18/h3-14,16H,15H2,1-2H3,(H,26,29)(H2,25,30,31)/t16-/m1/s1. The molecule has 0 saturated carbocycles. The van der Waals surface area contributed by atoms with Crippen LogP contribution in [-0.2, 0) is 14.8 Å². The lowest BCUT2D eigenvalue weighted by Gasteiger charge is -2.15. The number of thioether (sulfide) groups is 1. The van der Waals surface area contributed by atoms with Crippen molar-refractivity contribution in [3.63, 3.8) is 0 Å². The SMILES string of the molecule is COc1ccc(-n2c(SCC(=O)N[C@H](C)c3ccc(S(N)(=O)=O)cc3)nc3ccccc32)cc1. The molecule has 8 nitrogen and oxygen atoms in total. The first-order chi connectivity index (χ1) is 16.3. The first-order valence-electron chi connectivity index (χ1n) is 10.4. The van der Waals surface area contributed by atoms with Gasteiger partial charge in [-0.2, -0.15) is 0 Å². The molecule has 1 atom stereocenters. The molecule has 1 heterocycles. The van der Waals surface area contributed by atoms with E-state index in [2.05, 4.69) is 5.32 Å². The van der Waals surface area contributed by atoms with E-state index < -0.39 is 10.0 Å². The van der Waals surface area contributed by atoms with Gasteiger partial charge >= 0.3 is 0 Å². The minimum atomic E-state index is -3.76. The van der Waals surface area contributed by atoms with Gasteiger partial charge in [-0.1, -0.05) is 36.0 Å². The third kappa shape index (κ3) is 5.24. The molecule has 1 aromatic heterocycles. The monoisotopic (exact) mass is 496 g/mol. The van der Waals surface area contributed by atoms with Crippen molar-refractivity contribution in [3.05, 3.63) is 78.4 Å². The topological polar surface area (TPSA) is 116 Å². The van der Waals surface area contributed by atoms with Crippen LogP contribution in [-0.4, -0.2) is 36.7 Å². The average molecular weight is 497 g/mol. The van der Waals surface area contributed by atoms with E-state index in [0.717, 1.165) is 28.0 Å². The molecule has 4 rings (SSSR count). The van der Waals surface area contributed by atoms with Gasteiger partial charge in [0.15, 0.2) is 5.16 Å². The van der Waals surface area contributed by atoms with Crippen LogP contribution in [0.2, 0.25) is 0 Å². The predicted molar refractivity (Wildman–Crippen MR) is 133 cm³/mol. The lowest BCUT2D eigenvalue weighted by Crippen LogP contribution is -2.28. The Kier molecular flexibility index (Phi) is 6.92. The van der Waals surface area contributed by atoms with Crippen LogP contribution >= 0.6 is 11.8 Å². The Morgan fingerprint density at radius 1 is 1.09 bits per heavy atom. The Hall–Kier alpha value is -3.34. The molecule has 0 spiro atoms. The third-order valence-corrected chi connectivity index (χ3v) is 7.15. The summed E-state index contributed by atoms with van der Waals surface area (Å²) in [6.07, 6.45) is 0. The lowest BCUT2D eigenvalue weighted by molar-refractivity contribution is -0.119. The summed E-state index contributed by atoms with van der Waals surface area (Å²) in [7, 11) is -2.13. The quantitative estimate of drug-likeness (QED) is 0.360. The molecular weight excluding hydrogens is 472 g/mol. The van der Waals surface area contributed by atoms with Gasteiger partial charge in [0, 0.05) is 5.69 Å². The molecule has 0 aliphatic rings. The van der Waals surface area contributed by atoms with Crippen LogP contribution in [0, 0.1) is 0 Å². The Bertz CT molecular complexity index is 1420. The smallest absolute Gasteiger partial charge is 0.238 e. The number of nitrogens with zero attached hydrogens (tertiary/aromatic N) is 2. The number of fused-ring (bicyclic) bond motifs is 1. The van der Waals surface area contributed by atoms with E-state index >= 15 is 0 Å². The number of hydrogen-bond acceptors (Lipinski definition) is 6. The van der Waals surface area contributed by atoms with Crippen LogP contribution in [0.3, 0.4) is 0 Å². The molecule has 0 aliphatic carbocycles. The summed E-state index contributed by atoms with van der Waals surface area (Å²) in [5.74, 6) is 0.758. The number of ether oxygens (including phenoxy) is 1. The lowest BCUT2D eigenvalue weighted by atomic mass is 10.1. The molecular formula is C24H24N4O4S2. The van der Waals surface area contributed by atoms with E-state index in [0.29, 0.717) is 5.16 Å². The first-order valence-corrected chi connectivity index (χ1v) is 13.0. The van der Waals surface area contributed by atoms with Crippen molar-refractivity contribution in [3.8, 4) is 11.4 Å². The Morgan fingerprint density at radius 2 is 1.76 bits per heavy atom. The van der Waals surface area contributed by atoms with Crippen molar-refractivity contribution in [2.24, 2.45) is 5.14 Å². The van der Waals surface area contributed by atoms with Gasteiger partial charge in [0.2, 0.25) is 15.9 Å². The number of benzene rings is 3. The second kappa shape index (κ2) is 9.88. The van der Waals surface area contributed by atoms with Crippen LogP contribution in [0.4, 0.5) is 0 Å². The molecule has 0 saturated heterocycles. The zero-order valence-electron chi connectivity index (χ0n) is 18.6. The fourth-order valence-electron chi connectivity index (χ4n) is 3.52. The van der Waals surface area contributed by atoms with Crippen molar-refractivity contribution in [1.82, 2.24) is 14.9 Å². The molecule has 1 amide bonds. The number of nitrogens with one attached hydrogen (secondary N) is 1. The highest BCUT2D eigenvalue weighted by Gasteiger charge is 2.16. The molecule has 4 aromatic rings. The predicted octanol–water partition coefficient (Wildman–Crippen LogP) is 3.65. The van der Waals surface area contributed by atoms with Crippen molar-refractivity contribution in [2.75, 3.05) is 12.9 Å². The van der Waals surface area contributed by atoms with Gasteiger partial charge in [-0.3, -0.25) is 9.36 Å². The molecule has 0 unspecified atom stereocenters. The minimum Gasteiger partial charge on any atom is -0.497 e. The van der Waals surface area contributed by atoms with E-state index in [1.54, 1.807) is 19.2 Å². The maximum absolute atomic E-state index is 12.7. The second-order valence-electron chi connectivity index (χ2n) is 7.61. The van der Waals surface area contributed by atoms with E-state index in [4.69, 9.17) is 14.9 Å². The van der Waals surface area contributed by atoms with Crippen LogP contribution < -0.4 is 15.2 Å². The highest BCUT2D eigenvalue weighted by molar-refractivity contribution is 7.99. The van der Waals surface area contributed by atoms with Gasteiger partial charge in [0.1, 0.15) is 5.75 Å². The Balaban J connectivity index is 1.49. The van der Waals surface area contributed by atoms with Crippen LogP contribution in [0.25, 0.3) is 16.7 Å². The molecule has 0 bridgehead atoms. The van der Waals surface area contributed by atoms with Crippen molar-refractivity contribution < 1.29 is 17.9 Å². The molecule has 0 radical (unpaired) electrons. The van der Waals surface area contributed by atoms with E-state index in [1.165, 1.54) is 23.9 Å². The number of aromatic nitrogens is 2. The number of imidazole rings is 1. The first kappa shape index (κ1) is 23.8. The summed E-state index contributed by atoms with van der Waals surface area (Å²) in [5, 5.41) is 8.78. The van der Waals surface area contributed by atoms with Gasteiger partial charge in [-0.25, -0.2) is 18.5 Å². The number of para-hydroxylation sites is 2. The normalized spacial score (nSPS) is 12.4. The maximum atomic E-state index is 12.7.